The molecule has 20 heavy (non-hydrogen) atoms. The average molecular weight is 298 g/mol. The Labute approximate surface area is 118 Å². The van der Waals surface area contributed by atoms with Gasteiger partial charge in [-0.25, -0.2) is 12.8 Å². The van der Waals surface area contributed by atoms with Crippen molar-refractivity contribution in [1.82, 2.24) is 4.31 Å². The average Bonchev–Trinajstić information content (AvgIpc) is 2.85. The standard InChI is InChI=1S/C14H19FN2O2S/c15-11-7-12(16)9-13(8-11)20(18,19)17-6-2-4-10-3-1-5-14(10)17/h7-10,14H,1-6,16H2. The largest absolute Gasteiger partial charge is 0.399 e. The number of nitrogens with zero attached hydrogens (tertiary/aromatic N) is 1. The van der Waals surface area contributed by atoms with Gasteiger partial charge in [-0.15, -0.1) is 0 Å². The van der Waals surface area contributed by atoms with Crippen LogP contribution < -0.4 is 5.73 Å². The van der Waals surface area contributed by atoms with Crippen molar-refractivity contribution in [3.05, 3.63) is 24.0 Å². The lowest BCUT2D eigenvalue weighted by Crippen LogP contribution is -2.46. The molecule has 4 nitrogen and oxygen atoms in total. The number of piperidine rings is 1. The van der Waals surface area contributed by atoms with Gasteiger partial charge in [-0.2, -0.15) is 4.31 Å². The van der Waals surface area contributed by atoms with E-state index in [1.54, 1.807) is 4.31 Å². The van der Waals surface area contributed by atoms with Crippen LogP contribution in [0.3, 0.4) is 0 Å². The van der Waals surface area contributed by atoms with Crippen molar-refractivity contribution in [1.29, 1.82) is 0 Å². The Kier molecular flexibility index (Phi) is 3.46. The van der Waals surface area contributed by atoms with Crippen LogP contribution in [-0.4, -0.2) is 25.3 Å². The Morgan fingerprint density at radius 1 is 1.15 bits per heavy atom. The molecular weight excluding hydrogens is 279 g/mol. The Morgan fingerprint density at radius 3 is 2.65 bits per heavy atom. The number of sulfonamides is 1. The van der Waals surface area contributed by atoms with Crippen LogP contribution in [0.4, 0.5) is 10.1 Å². The summed E-state index contributed by atoms with van der Waals surface area (Å²) in [5.74, 6) is -0.145. The first kappa shape index (κ1) is 13.8. The second-order valence-electron chi connectivity index (χ2n) is 5.74. The predicted octanol–water partition coefficient (Wildman–Crippen LogP) is 2.36. The number of nitrogen functional groups attached to an aromatic ring is 1. The van der Waals surface area contributed by atoms with Crippen LogP contribution in [0.1, 0.15) is 32.1 Å². The monoisotopic (exact) mass is 298 g/mol. The summed E-state index contributed by atoms with van der Waals surface area (Å²) in [6, 6.07) is 3.62. The molecule has 2 unspecified atom stereocenters. The molecule has 2 atom stereocenters. The van der Waals surface area contributed by atoms with Gasteiger partial charge in [-0.1, -0.05) is 6.42 Å². The molecule has 2 aliphatic rings. The van der Waals surface area contributed by atoms with Crippen LogP contribution in [0.5, 0.6) is 0 Å². The lowest BCUT2D eigenvalue weighted by molar-refractivity contribution is 0.202. The Morgan fingerprint density at radius 2 is 1.90 bits per heavy atom. The number of nitrogens with two attached hydrogens (primary N) is 1. The van der Waals surface area contributed by atoms with Gasteiger partial charge in [0.25, 0.3) is 0 Å². The van der Waals surface area contributed by atoms with E-state index in [1.807, 2.05) is 0 Å². The molecule has 0 spiro atoms. The Hall–Kier alpha value is -1.14. The molecule has 1 aliphatic carbocycles. The summed E-state index contributed by atoms with van der Waals surface area (Å²) in [4.78, 5) is -0.0254. The molecule has 1 saturated heterocycles. The lowest BCUT2D eigenvalue weighted by Gasteiger charge is -2.36. The van der Waals surface area contributed by atoms with Gasteiger partial charge in [0.05, 0.1) is 4.90 Å². The van der Waals surface area contributed by atoms with Gasteiger partial charge in [-0.05, 0) is 49.8 Å². The van der Waals surface area contributed by atoms with E-state index in [-0.39, 0.29) is 16.6 Å². The maximum Gasteiger partial charge on any atom is 0.243 e. The van der Waals surface area contributed by atoms with E-state index in [0.717, 1.165) is 44.2 Å². The van der Waals surface area contributed by atoms with E-state index >= 15 is 0 Å². The van der Waals surface area contributed by atoms with Crippen LogP contribution in [0.15, 0.2) is 23.1 Å². The number of halogens is 1. The van der Waals surface area contributed by atoms with Gasteiger partial charge >= 0.3 is 0 Å². The topological polar surface area (TPSA) is 63.4 Å². The van der Waals surface area contributed by atoms with Crippen LogP contribution in [-0.2, 0) is 10.0 Å². The molecule has 3 rings (SSSR count). The predicted molar refractivity (Wildman–Crippen MR) is 75.1 cm³/mol. The first-order valence-corrected chi connectivity index (χ1v) is 8.50. The first-order chi connectivity index (χ1) is 9.48. The lowest BCUT2D eigenvalue weighted by atomic mass is 9.94. The van der Waals surface area contributed by atoms with Crippen molar-refractivity contribution < 1.29 is 12.8 Å². The molecule has 1 heterocycles. The highest BCUT2D eigenvalue weighted by molar-refractivity contribution is 7.89. The molecule has 2 N–H and O–H groups in total. The summed E-state index contributed by atoms with van der Waals surface area (Å²) in [5, 5.41) is 0. The number of hydrogen-bond acceptors (Lipinski definition) is 3. The van der Waals surface area contributed by atoms with Crippen LogP contribution in [0.25, 0.3) is 0 Å². The summed E-state index contributed by atoms with van der Waals surface area (Å²) in [6.45, 7) is 0.528. The summed E-state index contributed by atoms with van der Waals surface area (Å²) < 4.78 is 40.5. The molecule has 2 fully saturated rings. The first-order valence-electron chi connectivity index (χ1n) is 7.06. The number of fused-ring (bicyclic) bond motifs is 1. The van der Waals surface area contributed by atoms with E-state index in [1.165, 1.54) is 6.07 Å². The molecule has 1 saturated carbocycles. The molecule has 6 heteroatoms. The highest BCUT2D eigenvalue weighted by atomic mass is 32.2. The minimum atomic E-state index is -3.65. The van der Waals surface area contributed by atoms with E-state index < -0.39 is 15.8 Å². The van der Waals surface area contributed by atoms with Crippen molar-refractivity contribution in [2.24, 2.45) is 5.92 Å². The van der Waals surface area contributed by atoms with Crippen molar-refractivity contribution in [3.63, 3.8) is 0 Å². The number of benzene rings is 1. The van der Waals surface area contributed by atoms with Crippen molar-refractivity contribution in [3.8, 4) is 0 Å². The Balaban J connectivity index is 1.98. The summed E-state index contributed by atoms with van der Waals surface area (Å²) in [6.07, 6.45) is 5.07. The molecule has 110 valence electrons. The molecule has 0 bridgehead atoms. The second-order valence-corrected chi connectivity index (χ2v) is 7.63. The van der Waals surface area contributed by atoms with Crippen LogP contribution >= 0.6 is 0 Å². The van der Waals surface area contributed by atoms with Gasteiger partial charge in [0, 0.05) is 18.3 Å². The summed E-state index contributed by atoms with van der Waals surface area (Å²) in [5.41, 5.74) is 5.71. The number of rotatable bonds is 2. The summed E-state index contributed by atoms with van der Waals surface area (Å²) in [7, 11) is -3.65. The van der Waals surface area contributed by atoms with E-state index in [0.29, 0.717) is 12.5 Å². The van der Waals surface area contributed by atoms with Crippen LogP contribution in [0, 0.1) is 11.7 Å². The van der Waals surface area contributed by atoms with Crippen molar-refractivity contribution >= 4 is 15.7 Å². The van der Waals surface area contributed by atoms with Gasteiger partial charge < -0.3 is 5.73 Å². The van der Waals surface area contributed by atoms with Gasteiger partial charge in [0.1, 0.15) is 5.82 Å². The third-order valence-corrected chi connectivity index (χ3v) is 6.34. The van der Waals surface area contributed by atoms with E-state index in [2.05, 4.69) is 0 Å². The summed E-state index contributed by atoms with van der Waals surface area (Å²) >= 11 is 0. The van der Waals surface area contributed by atoms with Crippen molar-refractivity contribution in [2.45, 2.75) is 43.0 Å². The molecule has 0 amide bonds. The third-order valence-electron chi connectivity index (χ3n) is 4.44. The normalized spacial score (nSPS) is 27.4. The highest BCUT2D eigenvalue weighted by Crippen LogP contribution is 2.39. The van der Waals surface area contributed by atoms with Gasteiger partial charge in [0.2, 0.25) is 10.0 Å². The molecule has 0 radical (unpaired) electrons. The second kappa shape index (κ2) is 5.00. The van der Waals surface area contributed by atoms with Gasteiger partial charge in [0.15, 0.2) is 0 Å². The zero-order valence-electron chi connectivity index (χ0n) is 11.3. The molecule has 1 aromatic rings. The smallest absolute Gasteiger partial charge is 0.243 e. The fourth-order valence-electron chi connectivity index (χ4n) is 3.58. The molecule has 1 aliphatic heterocycles. The molecule has 0 aromatic heterocycles. The zero-order valence-corrected chi connectivity index (χ0v) is 12.1. The third kappa shape index (κ3) is 2.31. The van der Waals surface area contributed by atoms with E-state index in [9.17, 15) is 12.8 Å². The number of anilines is 1. The minimum Gasteiger partial charge on any atom is -0.399 e. The highest BCUT2D eigenvalue weighted by Gasteiger charge is 2.41. The zero-order chi connectivity index (χ0) is 14.3. The maximum atomic E-state index is 13.4. The quantitative estimate of drug-likeness (QED) is 0.853. The van der Waals surface area contributed by atoms with Crippen molar-refractivity contribution in [2.75, 3.05) is 12.3 Å². The van der Waals surface area contributed by atoms with Gasteiger partial charge in [-0.3, -0.25) is 0 Å². The Bertz CT molecular complexity index is 597. The number of hydrogen-bond donors (Lipinski definition) is 1. The molecule has 1 aromatic carbocycles. The molecular formula is C14H19FN2O2S. The maximum absolute atomic E-state index is 13.4. The fourth-order valence-corrected chi connectivity index (χ4v) is 5.40. The SMILES string of the molecule is Nc1cc(F)cc(S(=O)(=O)N2CCCC3CCCC32)c1. The van der Waals surface area contributed by atoms with E-state index in [4.69, 9.17) is 5.73 Å². The fraction of sp³-hybridized carbons (Fsp3) is 0.571. The van der Waals surface area contributed by atoms with Crippen LogP contribution in [0.2, 0.25) is 0 Å². The minimum absolute atomic E-state index is 0.0254.